The number of hydrogen-bond acceptors (Lipinski definition) is 7. The first-order chi connectivity index (χ1) is 20.2. The van der Waals surface area contributed by atoms with Gasteiger partial charge in [0.1, 0.15) is 11.4 Å². The second kappa shape index (κ2) is 10.2. The molecule has 222 valence electrons. The van der Waals surface area contributed by atoms with Crippen LogP contribution in [0.4, 0.5) is 19.0 Å². The molecule has 0 saturated carbocycles. The molecule has 4 unspecified atom stereocenters. The Morgan fingerprint density at radius 1 is 1.09 bits per heavy atom. The van der Waals surface area contributed by atoms with E-state index in [1.54, 1.807) is 18.2 Å². The molecule has 1 N–H and O–H groups in total. The Balaban J connectivity index is 1.45. The number of pyridine rings is 1. The number of halogens is 5. The highest BCUT2D eigenvalue weighted by Gasteiger charge is 2.58. The van der Waals surface area contributed by atoms with Crippen molar-refractivity contribution in [3.8, 4) is 5.75 Å². The molecule has 0 spiro atoms. The van der Waals surface area contributed by atoms with Crippen LogP contribution in [0.2, 0.25) is 5.02 Å². The normalized spacial score (nSPS) is 25.3. The number of hydrogen-bond donors (Lipinski definition) is 1. The Labute approximate surface area is 256 Å². The van der Waals surface area contributed by atoms with Gasteiger partial charge in [0.2, 0.25) is 0 Å². The predicted molar refractivity (Wildman–Crippen MR) is 152 cm³/mol. The van der Waals surface area contributed by atoms with E-state index in [0.717, 1.165) is 16.1 Å². The molecular formula is C30H22BrClF3N3O5. The molecular weight excluding hydrogens is 655 g/mol. The Hall–Kier alpha value is -3.77. The standard InChI is InChI=1S/C30H22BrClF3N3O5/c1-12-9-21(40)25-18(26(12)41)11-16-14(23(25)17-10-13(31)3-7-20(17)39)4-5-15-24(16)29(43)38(28(15)42)37(2)27-19(32)6-8-22(36-27)30(33,34)35/h3-4,6-10,15-16,23-24,39H,5,11H2,1-2H3. The van der Waals surface area contributed by atoms with Gasteiger partial charge in [-0.05, 0) is 62.1 Å². The molecule has 3 aliphatic carbocycles. The molecule has 1 aromatic heterocycles. The Bertz CT molecular complexity index is 1750. The van der Waals surface area contributed by atoms with Crippen molar-refractivity contribution < 1.29 is 37.5 Å². The summed E-state index contributed by atoms with van der Waals surface area (Å²) in [5.74, 6) is -6.04. The number of imide groups is 1. The second-order valence-electron chi connectivity index (χ2n) is 10.9. The molecule has 13 heteroatoms. The first kappa shape index (κ1) is 29.3. The van der Waals surface area contributed by atoms with Crippen molar-refractivity contribution in [3.63, 3.8) is 0 Å². The number of rotatable bonds is 3. The van der Waals surface area contributed by atoms with Crippen LogP contribution in [0.15, 0.2) is 69.2 Å². The number of amides is 2. The van der Waals surface area contributed by atoms with Crippen molar-refractivity contribution >= 4 is 56.7 Å². The molecule has 0 radical (unpaired) electrons. The van der Waals surface area contributed by atoms with E-state index in [1.165, 1.54) is 26.1 Å². The molecule has 4 atom stereocenters. The summed E-state index contributed by atoms with van der Waals surface area (Å²) < 4.78 is 40.9. The zero-order valence-electron chi connectivity index (χ0n) is 22.6. The summed E-state index contributed by atoms with van der Waals surface area (Å²) >= 11 is 9.57. The largest absolute Gasteiger partial charge is 0.508 e. The number of nitrogens with zero attached hydrogens (tertiary/aromatic N) is 3. The average Bonchev–Trinajstić information content (AvgIpc) is 3.20. The lowest BCUT2D eigenvalue weighted by Crippen LogP contribution is -2.46. The number of allylic oxidation sites excluding steroid dienone is 6. The van der Waals surface area contributed by atoms with Crippen molar-refractivity contribution in [2.24, 2.45) is 17.8 Å². The van der Waals surface area contributed by atoms with E-state index in [4.69, 9.17) is 11.6 Å². The zero-order chi connectivity index (χ0) is 31.1. The molecule has 2 amide bonds. The van der Waals surface area contributed by atoms with Crippen molar-refractivity contribution in [1.29, 1.82) is 0 Å². The number of benzene rings is 1. The van der Waals surface area contributed by atoms with Gasteiger partial charge in [0.05, 0.1) is 16.9 Å². The molecule has 43 heavy (non-hydrogen) atoms. The third-order valence-corrected chi connectivity index (χ3v) is 9.35. The summed E-state index contributed by atoms with van der Waals surface area (Å²) in [5.41, 5.74) is 0.398. The molecule has 4 aliphatic rings. The number of hydrazine groups is 1. The summed E-state index contributed by atoms with van der Waals surface area (Å²) in [6.45, 7) is 1.53. The summed E-state index contributed by atoms with van der Waals surface area (Å²) in [5, 5.41) is 12.4. The molecule has 1 aromatic carbocycles. The monoisotopic (exact) mass is 675 g/mol. The molecule has 8 nitrogen and oxygen atoms in total. The van der Waals surface area contributed by atoms with Crippen LogP contribution in [0, 0.1) is 17.8 Å². The summed E-state index contributed by atoms with van der Waals surface area (Å²) in [6, 6.07) is 6.42. The zero-order valence-corrected chi connectivity index (χ0v) is 24.9. The lowest BCUT2D eigenvalue weighted by atomic mass is 9.59. The minimum Gasteiger partial charge on any atom is -0.508 e. The number of alkyl halides is 3. The highest BCUT2D eigenvalue weighted by Crippen LogP contribution is 2.56. The van der Waals surface area contributed by atoms with Gasteiger partial charge in [0, 0.05) is 39.7 Å². The fraction of sp³-hybridized carbons (Fsp3) is 0.300. The van der Waals surface area contributed by atoms with E-state index in [0.29, 0.717) is 21.7 Å². The molecule has 2 aromatic rings. The second-order valence-corrected chi connectivity index (χ2v) is 12.3. The maximum absolute atomic E-state index is 14.1. The molecule has 0 bridgehead atoms. The van der Waals surface area contributed by atoms with Crippen LogP contribution < -0.4 is 5.01 Å². The first-order valence-electron chi connectivity index (χ1n) is 13.2. The molecule has 6 rings (SSSR count). The fourth-order valence-electron chi connectivity index (χ4n) is 6.68. The van der Waals surface area contributed by atoms with Gasteiger partial charge in [-0.3, -0.25) is 24.2 Å². The number of anilines is 1. The van der Waals surface area contributed by atoms with Gasteiger partial charge in [0.15, 0.2) is 17.4 Å². The molecule has 1 fully saturated rings. The summed E-state index contributed by atoms with van der Waals surface area (Å²) in [6.07, 6.45) is -1.65. The highest BCUT2D eigenvalue weighted by atomic mass is 79.9. The third-order valence-electron chi connectivity index (χ3n) is 8.56. The van der Waals surface area contributed by atoms with E-state index in [2.05, 4.69) is 20.9 Å². The first-order valence-corrected chi connectivity index (χ1v) is 14.4. The van der Waals surface area contributed by atoms with Gasteiger partial charge in [-0.25, -0.2) is 4.98 Å². The fourth-order valence-corrected chi connectivity index (χ4v) is 7.29. The van der Waals surface area contributed by atoms with Gasteiger partial charge in [-0.15, -0.1) is 0 Å². The topological polar surface area (TPSA) is 108 Å². The number of phenols is 1. The molecule has 1 aliphatic heterocycles. The van der Waals surface area contributed by atoms with Crippen molar-refractivity contribution in [2.45, 2.75) is 31.9 Å². The smallest absolute Gasteiger partial charge is 0.433 e. The number of ketones is 2. The Morgan fingerprint density at radius 3 is 2.51 bits per heavy atom. The quantitative estimate of drug-likeness (QED) is 0.253. The van der Waals surface area contributed by atoms with Crippen LogP contribution in [0.5, 0.6) is 5.75 Å². The average molecular weight is 677 g/mol. The van der Waals surface area contributed by atoms with Crippen LogP contribution >= 0.6 is 27.5 Å². The number of aromatic hydroxyl groups is 1. The van der Waals surface area contributed by atoms with Gasteiger partial charge < -0.3 is 5.11 Å². The number of Topliss-reactive ketones (excluding diaryl/α,β-unsaturated/α-hetero) is 1. The van der Waals surface area contributed by atoms with Gasteiger partial charge in [-0.2, -0.15) is 18.2 Å². The minimum atomic E-state index is -4.79. The summed E-state index contributed by atoms with van der Waals surface area (Å²) in [4.78, 5) is 58.1. The maximum atomic E-state index is 14.1. The molecule has 2 heterocycles. The number of carbonyl (C=O) groups excluding carboxylic acids is 4. The van der Waals surface area contributed by atoms with Crippen molar-refractivity contribution in [3.05, 3.63) is 85.5 Å². The van der Waals surface area contributed by atoms with Gasteiger partial charge >= 0.3 is 6.18 Å². The Morgan fingerprint density at radius 2 is 1.81 bits per heavy atom. The van der Waals surface area contributed by atoms with E-state index in [1.807, 2.05) is 0 Å². The van der Waals surface area contributed by atoms with Crippen LogP contribution in [-0.2, 0) is 25.4 Å². The van der Waals surface area contributed by atoms with Crippen LogP contribution in [0.3, 0.4) is 0 Å². The number of aromatic nitrogens is 1. The number of phenolic OH excluding ortho intramolecular Hbond substituents is 1. The van der Waals surface area contributed by atoms with E-state index < -0.39 is 53.2 Å². The summed E-state index contributed by atoms with van der Waals surface area (Å²) in [7, 11) is 1.23. The van der Waals surface area contributed by atoms with Gasteiger partial charge in [0.25, 0.3) is 11.8 Å². The number of carbonyl (C=O) groups is 4. The van der Waals surface area contributed by atoms with E-state index in [-0.39, 0.29) is 51.9 Å². The van der Waals surface area contributed by atoms with Crippen LogP contribution in [0.25, 0.3) is 0 Å². The maximum Gasteiger partial charge on any atom is 0.433 e. The van der Waals surface area contributed by atoms with Crippen LogP contribution in [-0.4, -0.2) is 45.5 Å². The minimum absolute atomic E-state index is 0.00247. The highest BCUT2D eigenvalue weighted by molar-refractivity contribution is 9.10. The lowest BCUT2D eigenvalue weighted by Gasteiger charge is -2.42. The predicted octanol–water partition coefficient (Wildman–Crippen LogP) is 5.70. The van der Waals surface area contributed by atoms with E-state index in [9.17, 15) is 37.5 Å². The van der Waals surface area contributed by atoms with Crippen LogP contribution in [0.1, 0.15) is 36.9 Å². The van der Waals surface area contributed by atoms with E-state index >= 15 is 0 Å². The molecule has 1 saturated heterocycles. The van der Waals surface area contributed by atoms with Crippen molar-refractivity contribution in [2.75, 3.05) is 12.1 Å². The lowest BCUT2D eigenvalue weighted by molar-refractivity contribution is -0.141. The van der Waals surface area contributed by atoms with Crippen molar-refractivity contribution in [1.82, 2.24) is 9.99 Å². The third kappa shape index (κ3) is 4.53. The Kier molecular flexibility index (Phi) is 6.92. The number of fused-ring (bicyclic) bond motifs is 3. The van der Waals surface area contributed by atoms with Gasteiger partial charge in [-0.1, -0.05) is 39.2 Å². The SMILES string of the molecule is CC1=CC(=O)C2=C(CC3C(=CCC4C(=O)N(N(C)c5nc(C(F)(F)F)ccc5Cl)C(=O)C43)C2c2cc(Br)ccc2O)C1=O.